The van der Waals surface area contributed by atoms with E-state index in [1.54, 1.807) is 7.11 Å². The van der Waals surface area contributed by atoms with Crippen LogP contribution in [-0.2, 0) is 26.0 Å². The molecule has 0 saturated heterocycles. The minimum atomic E-state index is -3.57. The van der Waals surface area contributed by atoms with E-state index in [1.165, 1.54) is 32.1 Å². The molecule has 1 saturated carbocycles. The topological polar surface area (TPSA) is 90.9 Å². The number of carbonyl (C=O) groups is 1. The number of methoxy groups -OCH3 is 1. The van der Waals surface area contributed by atoms with Crippen LogP contribution in [0.1, 0.15) is 70.3 Å². The molecule has 1 aromatic rings. The molecule has 0 bridgehead atoms. The van der Waals surface area contributed by atoms with Crippen molar-refractivity contribution in [2.75, 3.05) is 32.7 Å². The van der Waals surface area contributed by atoms with Gasteiger partial charge in [0.05, 0.1) is 19.0 Å². The molecule has 1 aliphatic rings. The van der Waals surface area contributed by atoms with Gasteiger partial charge in [0.25, 0.3) is 0 Å². The predicted octanol–water partition coefficient (Wildman–Crippen LogP) is 4.24. The smallest absolute Gasteiger partial charge is 0.234 e. The van der Waals surface area contributed by atoms with Crippen LogP contribution in [0.5, 0.6) is 11.5 Å². The van der Waals surface area contributed by atoms with E-state index in [2.05, 4.69) is 4.72 Å². The minimum absolute atomic E-state index is 0.0180. The minimum Gasteiger partial charge on any atom is -0.493 e. The van der Waals surface area contributed by atoms with Crippen LogP contribution in [0.3, 0.4) is 0 Å². The summed E-state index contributed by atoms with van der Waals surface area (Å²) in [6, 6.07) is 5.59. The molecule has 0 unspecified atom stereocenters. The molecule has 0 aromatic heterocycles. The van der Waals surface area contributed by atoms with Crippen LogP contribution in [-0.4, -0.2) is 47.0 Å². The molecule has 7 nitrogen and oxygen atoms in total. The van der Waals surface area contributed by atoms with E-state index in [0.29, 0.717) is 50.1 Å². The monoisotopic (exact) mass is 469 g/mol. The summed E-state index contributed by atoms with van der Waals surface area (Å²) in [5.74, 6) is 1.43. The maximum absolute atomic E-state index is 12.3. The highest BCUT2D eigenvalue weighted by Gasteiger charge is 2.17. The fourth-order valence-electron chi connectivity index (χ4n) is 3.84. The second kappa shape index (κ2) is 14.4. The Labute approximate surface area is 193 Å². The highest BCUT2D eigenvalue weighted by molar-refractivity contribution is 7.90. The van der Waals surface area contributed by atoms with Gasteiger partial charge in [-0.2, -0.15) is 0 Å². The number of sulfonamides is 1. The molecule has 32 heavy (non-hydrogen) atoms. The molecule has 2 rings (SSSR count). The van der Waals surface area contributed by atoms with Gasteiger partial charge >= 0.3 is 0 Å². The largest absolute Gasteiger partial charge is 0.493 e. The van der Waals surface area contributed by atoms with E-state index in [9.17, 15) is 13.2 Å². The maximum atomic E-state index is 12.3. The van der Waals surface area contributed by atoms with E-state index in [-0.39, 0.29) is 12.2 Å². The average molecular weight is 470 g/mol. The van der Waals surface area contributed by atoms with Gasteiger partial charge in [-0.1, -0.05) is 45.1 Å². The van der Waals surface area contributed by atoms with Crippen LogP contribution in [0.4, 0.5) is 0 Å². The molecule has 1 amide bonds. The Balaban J connectivity index is 1.96. The van der Waals surface area contributed by atoms with Crippen molar-refractivity contribution in [1.82, 2.24) is 4.72 Å². The number of amides is 1. The lowest BCUT2D eigenvalue weighted by Crippen LogP contribution is -2.32. The summed E-state index contributed by atoms with van der Waals surface area (Å²) in [6.45, 7) is 3.59. The molecule has 0 aliphatic heterocycles. The zero-order chi connectivity index (χ0) is 23.2. The van der Waals surface area contributed by atoms with Crippen molar-refractivity contribution in [3.63, 3.8) is 0 Å². The number of hydrogen-bond donors (Lipinski definition) is 1. The first kappa shape index (κ1) is 26.5. The van der Waals surface area contributed by atoms with Crippen molar-refractivity contribution in [3.8, 4) is 11.5 Å². The molecular formula is C24H39NO6S. The third kappa shape index (κ3) is 10.2. The number of ether oxygens (including phenoxy) is 3. The Hall–Kier alpha value is -1.80. The molecule has 0 heterocycles. The molecule has 0 spiro atoms. The first-order valence-electron chi connectivity index (χ1n) is 11.8. The Morgan fingerprint density at radius 2 is 1.88 bits per heavy atom. The number of hydrogen-bond acceptors (Lipinski definition) is 6. The molecule has 182 valence electrons. The van der Waals surface area contributed by atoms with E-state index in [1.807, 2.05) is 25.1 Å². The summed E-state index contributed by atoms with van der Waals surface area (Å²) < 4.78 is 43.2. The number of benzene rings is 1. The fraction of sp³-hybridized carbons (Fsp3) is 0.708. The predicted molar refractivity (Wildman–Crippen MR) is 126 cm³/mol. The van der Waals surface area contributed by atoms with Crippen LogP contribution in [0.25, 0.3) is 0 Å². The van der Waals surface area contributed by atoms with Crippen LogP contribution in [0.15, 0.2) is 18.2 Å². The van der Waals surface area contributed by atoms with E-state index in [4.69, 9.17) is 14.2 Å². The maximum Gasteiger partial charge on any atom is 0.234 e. The number of unbranched alkanes of at least 4 members (excludes halogenated alkanes) is 2. The first-order valence-corrected chi connectivity index (χ1v) is 13.5. The molecule has 8 heteroatoms. The molecule has 1 aliphatic carbocycles. The number of aryl methyl sites for hydroxylation is 1. The second-order valence-corrected chi connectivity index (χ2v) is 10.3. The van der Waals surface area contributed by atoms with Gasteiger partial charge in [-0.15, -0.1) is 0 Å². The van der Waals surface area contributed by atoms with E-state index >= 15 is 0 Å². The summed E-state index contributed by atoms with van der Waals surface area (Å²) in [6.07, 6.45) is 8.93. The van der Waals surface area contributed by atoms with Crippen molar-refractivity contribution in [3.05, 3.63) is 23.8 Å². The van der Waals surface area contributed by atoms with Crippen molar-refractivity contribution < 1.29 is 27.4 Å². The average Bonchev–Trinajstić information content (AvgIpc) is 2.77. The second-order valence-electron chi connectivity index (χ2n) is 8.48. The summed E-state index contributed by atoms with van der Waals surface area (Å²) >= 11 is 0. The first-order chi connectivity index (χ1) is 15.4. The van der Waals surface area contributed by atoms with Crippen molar-refractivity contribution in [2.24, 2.45) is 5.92 Å². The zero-order valence-electron chi connectivity index (χ0n) is 19.6. The van der Waals surface area contributed by atoms with Crippen LogP contribution in [0, 0.1) is 5.92 Å². The Kier molecular flexibility index (Phi) is 11.9. The summed E-state index contributed by atoms with van der Waals surface area (Å²) in [5, 5.41) is 0. The summed E-state index contributed by atoms with van der Waals surface area (Å²) in [7, 11) is -1.95. The van der Waals surface area contributed by atoms with E-state index in [0.717, 1.165) is 18.4 Å². The lowest BCUT2D eigenvalue weighted by Gasteiger charge is -2.22. The lowest BCUT2D eigenvalue weighted by atomic mass is 9.90. The molecule has 0 atom stereocenters. The zero-order valence-corrected chi connectivity index (χ0v) is 20.4. The van der Waals surface area contributed by atoms with Gasteiger partial charge in [0.1, 0.15) is 18.1 Å². The van der Waals surface area contributed by atoms with Gasteiger partial charge in [-0.25, -0.2) is 8.42 Å². The van der Waals surface area contributed by atoms with Gasteiger partial charge < -0.3 is 14.2 Å². The number of nitrogens with one attached hydrogen (secondary N) is 1. The Morgan fingerprint density at radius 3 is 2.59 bits per heavy atom. The van der Waals surface area contributed by atoms with Crippen LogP contribution < -0.4 is 14.2 Å². The van der Waals surface area contributed by atoms with Gasteiger partial charge in [0.2, 0.25) is 15.9 Å². The molecule has 0 radical (unpaired) electrons. The van der Waals surface area contributed by atoms with Crippen molar-refractivity contribution in [2.45, 2.75) is 71.1 Å². The molecule has 1 fully saturated rings. The summed E-state index contributed by atoms with van der Waals surface area (Å²) in [4.78, 5) is 12.3. The van der Waals surface area contributed by atoms with Crippen molar-refractivity contribution in [1.29, 1.82) is 0 Å². The highest BCUT2D eigenvalue weighted by atomic mass is 32.2. The Morgan fingerprint density at radius 1 is 1.09 bits per heavy atom. The lowest BCUT2D eigenvalue weighted by molar-refractivity contribution is -0.119. The third-order valence-corrected chi connectivity index (χ3v) is 7.07. The fourth-order valence-corrected chi connectivity index (χ4v) is 4.97. The number of rotatable bonds is 15. The quantitative estimate of drug-likeness (QED) is 0.386. The Bertz CT molecular complexity index is 790. The SMILES string of the molecule is CCCCCS(=O)(=O)NC(=O)CCc1ccc(OCCOC)cc1OCC1CCCCC1. The van der Waals surface area contributed by atoms with Gasteiger partial charge in [0.15, 0.2) is 0 Å². The van der Waals surface area contributed by atoms with Gasteiger partial charge in [0, 0.05) is 19.6 Å². The standard InChI is InChI=1S/C24H39NO6S/c1-3-4-8-17-32(27,28)25-24(26)14-12-21-11-13-22(30-16-15-29-2)18-23(21)31-19-20-9-6-5-7-10-20/h11,13,18,20H,3-10,12,14-17,19H2,1-2H3,(H,25,26). The molecule has 1 aromatic carbocycles. The molecule has 1 N–H and O–H groups in total. The van der Waals surface area contributed by atoms with Gasteiger partial charge in [-0.05, 0) is 43.2 Å². The van der Waals surface area contributed by atoms with Crippen molar-refractivity contribution >= 4 is 15.9 Å². The van der Waals surface area contributed by atoms with Crippen LogP contribution in [0.2, 0.25) is 0 Å². The third-order valence-electron chi connectivity index (χ3n) is 5.70. The molecular weight excluding hydrogens is 430 g/mol. The normalized spacial score (nSPS) is 14.8. The van der Waals surface area contributed by atoms with Crippen LogP contribution >= 0.6 is 0 Å². The van der Waals surface area contributed by atoms with E-state index < -0.39 is 15.9 Å². The van der Waals surface area contributed by atoms with Gasteiger partial charge in [-0.3, -0.25) is 9.52 Å². The summed E-state index contributed by atoms with van der Waals surface area (Å²) in [5.41, 5.74) is 0.874. The number of carbonyl (C=O) groups excluding carboxylic acids is 1. The highest BCUT2D eigenvalue weighted by Crippen LogP contribution is 2.29.